The molecule has 1 heterocycles. The summed E-state index contributed by atoms with van der Waals surface area (Å²) in [5.41, 5.74) is 0.630. The number of carbonyl (C=O) groups excluding carboxylic acids is 1. The van der Waals surface area contributed by atoms with Crippen LogP contribution < -0.4 is 0 Å². The van der Waals surface area contributed by atoms with Crippen LogP contribution in [0.1, 0.15) is 38.2 Å². The minimum absolute atomic E-state index is 0.132. The van der Waals surface area contributed by atoms with Crippen molar-refractivity contribution in [1.29, 1.82) is 0 Å². The summed E-state index contributed by atoms with van der Waals surface area (Å²) in [6.07, 6.45) is 3.69. The Morgan fingerprint density at radius 3 is 2.67 bits per heavy atom. The Labute approximate surface area is 107 Å². The minimum Gasteiger partial charge on any atom is -0.460 e. The van der Waals surface area contributed by atoms with E-state index >= 15 is 0 Å². The molecule has 18 heavy (non-hydrogen) atoms. The van der Waals surface area contributed by atoms with E-state index in [0.29, 0.717) is 0 Å². The summed E-state index contributed by atoms with van der Waals surface area (Å²) < 4.78 is 11.1. The fourth-order valence-electron chi connectivity index (χ4n) is 2.54. The Bertz CT molecular complexity index is 438. The minimum atomic E-state index is -0.442. The molecule has 0 spiro atoms. The third kappa shape index (κ3) is 1.83. The Balaban J connectivity index is 1.70. The van der Waals surface area contributed by atoms with Gasteiger partial charge in [-0.3, -0.25) is 0 Å². The molecule has 3 rings (SSSR count). The topological polar surface area (TPSA) is 38.8 Å². The summed E-state index contributed by atoms with van der Waals surface area (Å²) in [5.74, 6) is -0.189. The van der Waals surface area contributed by atoms with Crippen molar-refractivity contribution >= 4 is 5.97 Å². The molecule has 0 amide bonds. The van der Waals surface area contributed by atoms with E-state index in [4.69, 9.17) is 9.47 Å². The van der Waals surface area contributed by atoms with Gasteiger partial charge in [-0.2, -0.15) is 0 Å². The fraction of sp³-hybridized carbons (Fsp3) is 0.533. The van der Waals surface area contributed by atoms with Crippen LogP contribution >= 0.6 is 0 Å². The molecule has 2 atom stereocenters. The van der Waals surface area contributed by atoms with Crippen molar-refractivity contribution in [2.75, 3.05) is 0 Å². The van der Waals surface area contributed by atoms with Gasteiger partial charge in [-0.1, -0.05) is 37.3 Å². The van der Waals surface area contributed by atoms with Crippen molar-refractivity contribution in [2.45, 2.75) is 50.4 Å². The quantitative estimate of drug-likeness (QED) is 0.605. The van der Waals surface area contributed by atoms with Crippen LogP contribution in [0.4, 0.5) is 0 Å². The van der Waals surface area contributed by atoms with Crippen LogP contribution in [0, 0.1) is 0 Å². The maximum absolute atomic E-state index is 12.0. The highest BCUT2D eigenvalue weighted by molar-refractivity contribution is 5.80. The van der Waals surface area contributed by atoms with Gasteiger partial charge in [0.05, 0.1) is 0 Å². The highest BCUT2D eigenvalue weighted by Gasteiger charge is 2.61. The molecule has 1 saturated heterocycles. The standard InChI is InChI=1S/C15H18O3/c1-2-15(11-7-4-3-5-8-11)13(18-15)14(16)17-12-9-6-10-12/h3-5,7-8,12-13H,2,6,9-10H2,1H3. The first-order valence-corrected chi connectivity index (χ1v) is 6.70. The van der Waals surface area contributed by atoms with Crippen molar-refractivity contribution in [1.82, 2.24) is 0 Å². The lowest BCUT2D eigenvalue weighted by Gasteiger charge is -2.25. The zero-order chi connectivity index (χ0) is 12.6. The van der Waals surface area contributed by atoms with Crippen molar-refractivity contribution in [2.24, 2.45) is 0 Å². The number of ether oxygens (including phenoxy) is 2. The second kappa shape index (κ2) is 4.39. The molecule has 3 nitrogen and oxygen atoms in total. The van der Waals surface area contributed by atoms with E-state index in [-0.39, 0.29) is 12.1 Å². The number of epoxide rings is 1. The Morgan fingerprint density at radius 1 is 1.39 bits per heavy atom. The molecule has 2 fully saturated rings. The second-order valence-corrected chi connectivity index (χ2v) is 5.10. The molecule has 1 aliphatic carbocycles. The smallest absolute Gasteiger partial charge is 0.339 e. The second-order valence-electron chi connectivity index (χ2n) is 5.10. The number of hydrogen-bond donors (Lipinski definition) is 0. The van der Waals surface area contributed by atoms with Gasteiger partial charge >= 0.3 is 5.97 Å². The molecule has 1 saturated carbocycles. The van der Waals surface area contributed by atoms with Gasteiger partial charge in [0.15, 0.2) is 6.10 Å². The predicted octanol–water partition coefficient (Wildman–Crippen LogP) is 2.79. The molecule has 0 aromatic heterocycles. The van der Waals surface area contributed by atoms with E-state index in [1.165, 1.54) is 6.42 Å². The maximum Gasteiger partial charge on any atom is 0.339 e. The molecule has 96 valence electrons. The predicted molar refractivity (Wildman–Crippen MR) is 67.0 cm³/mol. The third-order valence-electron chi connectivity index (χ3n) is 4.03. The van der Waals surface area contributed by atoms with Crippen LogP contribution in [-0.2, 0) is 19.9 Å². The van der Waals surface area contributed by atoms with Crippen LogP contribution in [0.25, 0.3) is 0 Å². The van der Waals surface area contributed by atoms with E-state index in [1.54, 1.807) is 0 Å². The van der Waals surface area contributed by atoms with E-state index in [2.05, 4.69) is 0 Å². The van der Waals surface area contributed by atoms with Gasteiger partial charge < -0.3 is 9.47 Å². The van der Waals surface area contributed by atoms with E-state index < -0.39 is 11.7 Å². The van der Waals surface area contributed by atoms with Gasteiger partial charge in [-0.25, -0.2) is 4.79 Å². The van der Waals surface area contributed by atoms with Crippen molar-refractivity contribution in [3.05, 3.63) is 35.9 Å². The first-order valence-electron chi connectivity index (χ1n) is 6.70. The number of rotatable bonds is 4. The first kappa shape index (κ1) is 11.7. The summed E-state index contributed by atoms with van der Waals surface area (Å²) >= 11 is 0. The lowest BCUT2D eigenvalue weighted by molar-refractivity contribution is -0.154. The van der Waals surface area contributed by atoms with Gasteiger partial charge in [0.1, 0.15) is 11.7 Å². The van der Waals surface area contributed by atoms with Crippen LogP contribution in [-0.4, -0.2) is 18.2 Å². The van der Waals surface area contributed by atoms with Crippen molar-refractivity contribution < 1.29 is 14.3 Å². The Morgan fingerprint density at radius 2 is 2.11 bits per heavy atom. The maximum atomic E-state index is 12.0. The Kier molecular flexibility index (Phi) is 2.86. The van der Waals surface area contributed by atoms with Gasteiger partial charge in [0.2, 0.25) is 0 Å². The number of carbonyl (C=O) groups is 1. The molecule has 1 aliphatic heterocycles. The Hall–Kier alpha value is -1.35. The molecule has 1 aromatic carbocycles. The van der Waals surface area contributed by atoms with Crippen LogP contribution in [0.5, 0.6) is 0 Å². The van der Waals surface area contributed by atoms with Gasteiger partial charge in [0.25, 0.3) is 0 Å². The van der Waals surface area contributed by atoms with Gasteiger partial charge in [-0.05, 0) is 31.2 Å². The summed E-state index contributed by atoms with van der Waals surface area (Å²) in [7, 11) is 0. The summed E-state index contributed by atoms with van der Waals surface area (Å²) in [6, 6.07) is 9.95. The van der Waals surface area contributed by atoms with Gasteiger partial charge in [-0.15, -0.1) is 0 Å². The molecule has 2 unspecified atom stereocenters. The molecule has 3 heteroatoms. The molecule has 0 radical (unpaired) electrons. The summed E-state index contributed by atoms with van der Waals surface area (Å²) in [4.78, 5) is 12.0. The molecular formula is C15H18O3. The molecule has 0 bridgehead atoms. The third-order valence-corrected chi connectivity index (χ3v) is 4.03. The van der Waals surface area contributed by atoms with Crippen LogP contribution in [0.15, 0.2) is 30.3 Å². The number of benzene rings is 1. The van der Waals surface area contributed by atoms with E-state index in [9.17, 15) is 4.79 Å². The zero-order valence-electron chi connectivity index (χ0n) is 10.6. The van der Waals surface area contributed by atoms with Crippen molar-refractivity contribution in [3.8, 4) is 0 Å². The lowest BCUT2D eigenvalue weighted by Crippen LogP contribution is -2.29. The fourth-order valence-corrected chi connectivity index (χ4v) is 2.54. The zero-order valence-corrected chi connectivity index (χ0v) is 10.6. The lowest BCUT2D eigenvalue weighted by atomic mass is 9.92. The number of hydrogen-bond acceptors (Lipinski definition) is 3. The molecule has 0 N–H and O–H groups in total. The monoisotopic (exact) mass is 246 g/mol. The van der Waals surface area contributed by atoms with Gasteiger partial charge in [0, 0.05) is 0 Å². The van der Waals surface area contributed by atoms with Crippen LogP contribution in [0.2, 0.25) is 0 Å². The number of esters is 1. The van der Waals surface area contributed by atoms with E-state index in [0.717, 1.165) is 24.8 Å². The summed E-state index contributed by atoms with van der Waals surface area (Å²) in [6.45, 7) is 2.05. The van der Waals surface area contributed by atoms with Crippen molar-refractivity contribution in [3.63, 3.8) is 0 Å². The highest BCUT2D eigenvalue weighted by Crippen LogP contribution is 2.49. The highest BCUT2D eigenvalue weighted by atomic mass is 16.7. The SMILES string of the molecule is CCC1(c2ccccc2)OC1C(=O)OC1CCC1. The first-order chi connectivity index (χ1) is 8.76. The average Bonchev–Trinajstić information content (AvgIpc) is 3.11. The average molecular weight is 246 g/mol. The molecule has 2 aliphatic rings. The molecular weight excluding hydrogens is 228 g/mol. The summed E-state index contributed by atoms with van der Waals surface area (Å²) in [5, 5.41) is 0. The molecule has 1 aromatic rings. The van der Waals surface area contributed by atoms with Crippen LogP contribution in [0.3, 0.4) is 0 Å². The van der Waals surface area contributed by atoms with E-state index in [1.807, 2.05) is 37.3 Å². The largest absolute Gasteiger partial charge is 0.460 e. The normalized spacial score (nSPS) is 30.6.